The molecule has 80 valence electrons. The molecular weight excluding hydrogens is 214 g/mol. The average Bonchev–Trinajstić information content (AvgIpc) is 2.17. The maximum absolute atomic E-state index is 11.1. The van der Waals surface area contributed by atoms with E-state index in [-0.39, 0.29) is 4.90 Å². The van der Waals surface area contributed by atoms with Gasteiger partial charge in [0.25, 0.3) is 0 Å². The molecule has 0 aliphatic carbocycles. The molecule has 0 radical (unpaired) electrons. The summed E-state index contributed by atoms with van der Waals surface area (Å²) in [6.07, 6.45) is 0.593. The third-order valence-corrected chi connectivity index (χ3v) is 2.88. The van der Waals surface area contributed by atoms with Crippen molar-refractivity contribution >= 4 is 9.84 Å². The molecule has 1 atom stereocenters. The van der Waals surface area contributed by atoms with Gasteiger partial charge in [0.1, 0.15) is 11.8 Å². The van der Waals surface area contributed by atoms with E-state index in [4.69, 9.17) is 10.00 Å². The molecule has 1 aromatic rings. The van der Waals surface area contributed by atoms with E-state index in [1.165, 1.54) is 24.3 Å². The molecule has 0 heterocycles. The van der Waals surface area contributed by atoms with Crippen molar-refractivity contribution in [2.24, 2.45) is 0 Å². The van der Waals surface area contributed by atoms with Crippen LogP contribution in [0.1, 0.15) is 6.92 Å². The van der Waals surface area contributed by atoms with Crippen molar-refractivity contribution in [3.63, 3.8) is 0 Å². The molecule has 0 aliphatic heterocycles. The summed E-state index contributed by atoms with van der Waals surface area (Å²) in [5.41, 5.74) is 0. The molecule has 0 amide bonds. The number of nitrogens with zero attached hydrogens (tertiary/aromatic N) is 1. The minimum absolute atomic E-state index is 0.236. The molecule has 1 unspecified atom stereocenters. The monoisotopic (exact) mass is 225 g/mol. The molecule has 0 saturated carbocycles. The van der Waals surface area contributed by atoms with Gasteiger partial charge in [0, 0.05) is 6.26 Å². The Labute approximate surface area is 89.0 Å². The van der Waals surface area contributed by atoms with E-state index in [9.17, 15) is 8.42 Å². The molecule has 5 heteroatoms. The van der Waals surface area contributed by atoms with Gasteiger partial charge in [-0.1, -0.05) is 0 Å². The van der Waals surface area contributed by atoms with E-state index in [0.717, 1.165) is 6.26 Å². The van der Waals surface area contributed by atoms with Crippen molar-refractivity contribution < 1.29 is 13.2 Å². The summed E-state index contributed by atoms with van der Waals surface area (Å²) in [6.45, 7) is 1.62. The first-order valence-corrected chi connectivity index (χ1v) is 6.19. The van der Waals surface area contributed by atoms with Gasteiger partial charge in [-0.25, -0.2) is 8.42 Å². The Morgan fingerprint density at radius 2 is 1.87 bits per heavy atom. The van der Waals surface area contributed by atoms with Crippen LogP contribution in [-0.4, -0.2) is 20.8 Å². The van der Waals surface area contributed by atoms with E-state index in [0.29, 0.717) is 5.75 Å². The van der Waals surface area contributed by atoms with Crippen molar-refractivity contribution in [3.05, 3.63) is 24.3 Å². The molecule has 1 rings (SSSR count). The van der Waals surface area contributed by atoms with Crippen LogP contribution in [0.3, 0.4) is 0 Å². The second-order valence-corrected chi connectivity index (χ2v) is 5.15. The normalized spacial score (nSPS) is 12.9. The van der Waals surface area contributed by atoms with Crippen LogP contribution in [0.15, 0.2) is 29.2 Å². The maximum Gasteiger partial charge on any atom is 0.181 e. The lowest BCUT2D eigenvalue weighted by Crippen LogP contribution is -2.08. The standard InChI is InChI=1S/C10H11NO3S/c1-8(7-11)14-9-3-5-10(6-4-9)15(2,12)13/h3-6,8H,1-2H3. The first-order valence-electron chi connectivity index (χ1n) is 4.30. The van der Waals surface area contributed by atoms with E-state index < -0.39 is 15.9 Å². The lowest BCUT2D eigenvalue weighted by atomic mass is 10.3. The zero-order chi connectivity index (χ0) is 11.5. The summed E-state index contributed by atoms with van der Waals surface area (Å²) in [4.78, 5) is 0.236. The van der Waals surface area contributed by atoms with Crippen LogP contribution in [0, 0.1) is 11.3 Å². The van der Waals surface area contributed by atoms with Crippen molar-refractivity contribution in [2.75, 3.05) is 6.26 Å². The summed E-state index contributed by atoms with van der Waals surface area (Å²) >= 11 is 0. The zero-order valence-electron chi connectivity index (χ0n) is 8.47. The largest absolute Gasteiger partial charge is 0.476 e. The van der Waals surface area contributed by atoms with Crippen molar-refractivity contribution in [1.29, 1.82) is 5.26 Å². The SMILES string of the molecule is CC(C#N)Oc1ccc(S(C)(=O)=O)cc1. The summed E-state index contributed by atoms with van der Waals surface area (Å²) < 4.78 is 27.4. The van der Waals surface area contributed by atoms with Crippen LogP contribution in [0.4, 0.5) is 0 Å². The highest BCUT2D eigenvalue weighted by Crippen LogP contribution is 2.16. The Bertz CT molecular complexity index is 470. The summed E-state index contributed by atoms with van der Waals surface area (Å²) in [5.74, 6) is 0.483. The van der Waals surface area contributed by atoms with Crippen molar-refractivity contribution in [1.82, 2.24) is 0 Å². The van der Waals surface area contributed by atoms with Crippen molar-refractivity contribution in [3.8, 4) is 11.8 Å². The molecule has 0 fully saturated rings. The molecule has 0 aromatic heterocycles. The van der Waals surface area contributed by atoms with Crippen LogP contribution in [0.25, 0.3) is 0 Å². The second-order valence-electron chi connectivity index (χ2n) is 3.13. The topological polar surface area (TPSA) is 67.2 Å². The molecule has 0 aliphatic rings. The molecule has 1 aromatic carbocycles. The highest BCUT2D eigenvalue weighted by molar-refractivity contribution is 7.90. The van der Waals surface area contributed by atoms with Gasteiger partial charge in [-0.05, 0) is 31.2 Å². The first kappa shape index (κ1) is 11.5. The van der Waals surface area contributed by atoms with Gasteiger partial charge in [-0.15, -0.1) is 0 Å². The molecule has 0 bridgehead atoms. The van der Waals surface area contributed by atoms with Gasteiger partial charge in [0.05, 0.1) is 4.90 Å². The average molecular weight is 225 g/mol. The van der Waals surface area contributed by atoms with E-state index in [2.05, 4.69) is 0 Å². The Morgan fingerprint density at radius 3 is 2.27 bits per heavy atom. The smallest absolute Gasteiger partial charge is 0.181 e. The quantitative estimate of drug-likeness (QED) is 0.779. The number of hydrogen-bond acceptors (Lipinski definition) is 4. The highest BCUT2D eigenvalue weighted by atomic mass is 32.2. The van der Waals surface area contributed by atoms with Crippen LogP contribution in [0.5, 0.6) is 5.75 Å². The number of sulfone groups is 1. The van der Waals surface area contributed by atoms with Crippen LogP contribution < -0.4 is 4.74 Å². The van der Waals surface area contributed by atoms with Crippen LogP contribution >= 0.6 is 0 Å². The number of ether oxygens (including phenoxy) is 1. The lowest BCUT2D eigenvalue weighted by molar-refractivity contribution is 0.276. The summed E-state index contributed by atoms with van der Waals surface area (Å²) in [7, 11) is -3.17. The zero-order valence-corrected chi connectivity index (χ0v) is 9.28. The predicted octanol–water partition coefficient (Wildman–Crippen LogP) is 1.38. The minimum Gasteiger partial charge on any atom is -0.476 e. The van der Waals surface area contributed by atoms with Gasteiger partial charge in [-0.2, -0.15) is 5.26 Å². The number of hydrogen-bond donors (Lipinski definition) is 0. The summed E-state index contributed by atoms with van der Waals surface area (Å²) in [5, 5.41) is 8.51. The number of benzene rings is 1. The van der Waals surface area contributed by atoms with Crippen LogP contribution in [-0.2, 0) is 9.84 Å². The van der Waals surface area contributed by atoms with E-state index in [1.807, 2.05) is 6.07 Å². The number of nitriles is 1. The van der Waals surface area contributed by atoms with E-state index >= 15 is 0 Å². The van der Waals surface area contributed by atoms with Gasteiger partial charge >= 0.3 is 0 Å². The minimum atomic E-state index is -3.17. The molecule has 0 saturated heterocycles. The molecule has 0 spiro atoms. The Hall–Kier alpha value is -1.54. The molecule has 4 nitrogen and oxygen atoms in total. The third kappa shape index (κ3) is 3.26. The van der Waals surface area contributed by atoms with Gasteiger partial charge in [-0.3, -0.25) is 0 Å². The van der Waals surface area contributed by atoms with Crippen molar-refractivity contribution in [2.45, 2.75) is 17.9 Å². The Morgan fingerprint density at radius 1 is 1.33 bits per heavy atom. The molecular formula is C10H11NO3S. The van der Waals surface area contributed by atoms with E-state index in [1.54, 1.807) is 6.92 Å². The lowest BCUT2D eigenvalue weighted by Gasteiger charge is -2.07. The van der Waals surface area contributed by atoms with Crippen LogP contribution in [0.2, 0.25) is 0 Å². The van der Waals surface area contributed by atoms with Gasteiger partial charge < -0.3 is 4.74 Å². The predicted molar refractivity (Wildman–Crippen MR) is 55.3 cm³/mol. The molecule has 0 N–H and O–H groups in total. The fourth-order valence-corrected chi connectivity index (χ4v) is 1.63. The van der Waals surface area contributed by atoms with Gasteiger partial charge in [0.15, 0.2) is 15.9 Å². The maximum atomic E-state index is 11.1. The first-order chi connectivity index (χ1) is 6.93. The Kier molecular flexibility index (Phi) is 3.32. The summed E-state index contributed by atoms with van der Waals surface area (Å²) in [6, 6.07) is 7.89. The second kappa shape index (κ2) is 4.32. The molecule has 15 heavy (non-hydrogen) atoms. The number of rotatable bonds is 3. The fraction of sp³-hybridized carbons (Fsp3) is 0.300. The highest BCUT2D eigenvalue weighted by Gasteiger charge is 2.07. The third-order valence-electron chi connectivity index (χ3n) is 1.75. The van der Waals surface area contributed by atoms with Gasteiger partial charge in [0.2, 0.25) is 0 Å². The Balaban J connectivity index is 2.88. The fourth-order valence-electron chi connectivity index (χ4n) is 0.996.